The molecule has 1 fully saturated rings. The molecular weight excluding hydrogens is 218 g/mol. The summed E-state index contributed by atoms with van der Waals surface area (Å²) in [5.74, 6) is 0.0133. The Hall–Kier alpha value is -0.610. The number of carbonyl (C=O) groups excluding carboxylic acids is 1. The van der Waals surface area contributed by atoms with Crippen molar-refractivity contribution in [3.05, 3.63) is 0 Å². The molecule has 0 saturated carbocycles. The van der Waals surface area contributed by atoms with Gasteiger partial charge in [0.2, 0.25) is 0 Å². The van der Waals surface area contributed by atoms with E-state index in [9.17, 15) is 4.79 Å². The predicted molar refractivity (Wildman–Crippen MR) is 66.9 cm³/mol. The van der Waals surface area contributed by atoms with E-state index in [0.29, 0.717) is 19.3 Å². The molecule has 1 heterocycles. The average Bonchev–Trinajstić information content (AvgIpc) is 2.33. The molecule has 1 N–H and O–H groups in total. The zero-order valence-electron chi connectivity index (χ0n) is 11.0. The van der Waals surface area contributed by atoms with E-state index in [-0.39, 0.29) is 11.9 Å². The van der Waals surface area contributed by atoms with E-state index in [1.54, 1.807) is 0 Å². The minimum atomic E-state index is -0.0579. The Morgan fingerprint density at radius 1 is 1.35 bits per heavy atom. The van der Waals surface area contributed by atoms with Crippen LogP contribution in [-0.2, 0) is 14.3 Å². The monoisotopic (exact) mass is 243 g/mol. The first-order valence-corrected chi connectivity index (χ1v) is 6.71. The van der Waals surface area contributed by atoms with Crippen LogP contribution in [0, 0.1) is 5.92 Å². The molecule has 17 heavy (non-hydrogen) atoms. The van der Waals surface area contributed by atoms with Crippen molar-refractivity contribution in [2.75, 3.05) is 26.4 Å². The zero-order chi connectivity index (χ0) is 12.5. The summed E-state index contributed by atoms with van der Waals surface area (Å²) in [4.78, 5) is 11.7. The zero-order valence-corrected chi connectivity index (χ0v) is 11.0. The Balaban J connectivity index is 2.04. The fourth-order valence-electron chi connectivity index (χ4n) is 2.01. The van der Waals surface area contributed by atoms with E-state index in [4.69, 9.17) is 9.47 Å². The van der Waals surface area contributed by atoms with Crippen LogP contribution in [0.15, 0.2) is 0 Å². The molecule has 2 atom stereocenters. The standard InChI is InChI=1S/C13H25NO3/c1-3-4-7-16-8-9-17-13(15)12-5-6-14-11(2)10-12/h11-12,14H,3-10H2,1-2H3. The largest absolute Gasteiger partial charge is 0.463 e. The molecule has 1 saturated heterocycles. The van der Waals surface area contributed by atoms with Crippen molar-refractivity contribution >= 4 is 5.97 Å². The minimum absolute atomic E-state index is 0.0579. The molecule has 2 unspecified atom stereocenters. The number of esters is 1. The third-order valence-electron chi connectivity index (χ3n) is 3.07. The summed E-state index contributed by atoms with van der Waals surface area (Å²) in [6.45, 7) is 6.81. The maximum absolute atomic E-state index is 11.7. The molecule has 0 aromatic heterocycles. The van der Waals surface area contributed by atoms with E-state index in [0.717, 1.165) is 38.8 Å². The second-order valence-corrected chi connectivity index (χ2v) is 4.71. The third-order valence-corrected chi connectivity index (χ3v) is 3.07. The van der Waals surface area contributed by atoms with Crippen LogP contribution in [-0.4, -0.2) is 38.4 Å². The number of ether oxygens (including phenoxy) is 2. The fourth-order valence-corrected chi connectivity index (χ4v) is 2.01. The lowest BCUT2D eigenvalue weighted by Crippen LogP contribution is -2.39. The van der Waals surface area contributed by atoms with Crippen LogP contribution in [0.4, 0.5) is 0 Å². The number of hydrogen-bond acceptors (Lipinski definition) is 4. The first-order valence-electron chi connectivity index (χ1n) is 6.71. The molecule has 0 radical (unpaired) electrons. The second-order valence-electron chi connectivity index (χ2n) is 4.71. The molecule has 0 amide bonds. The lowest BCUT2D eigenvalue weighted by atomic mass is 9.93. The Bertz CT molecular complexity index is 221. The minimum Gasteiger partial charge on any atom is -0.463 e. The Kier molecular flexibility index (Phi) is 7.21. The van der Waals surface area contributed by atoms with Gasteiger partial charge in [-0.05, 0) is 32.7 Å². The van der Waals surface area contributed by atoms with Crippen LogP contribution in [0.5, 0.6) is 0 Å². The van der Waals surface area contributed by atoms with Crippen LogP contribution >= 0.6 is 0 Å². The molecule has 0 aliphatic carbocycles. The summed E-state index contributed by atoms with van der Waals surface area (Å²) in [6, 6.07) is 0.419. The van der Waals surface area contributed by atoms with Crippen LogP contribution in [0.1, 0.15) is 39.5 Å². The van der Waals surface area contributed by atoms with Gasteiger partial charge in [-0.1, -0.05) is 13.3 Å². The van der Waals surface area contributed by atoms with E-state index in [2.05, 4.69) is 19.2 Å². The van der Waals surface area contributed by atoms with Gasteiger partial charge in [-0.15, -0.1) is 0 Å². The summed E-state index contributed by atoms with van der Waals surface area (Å²) in [6.07, 6.45) is 3.97. The average molecular weight is 243 g/mol. The first-order chi connectivity index (χ1) is 8.24. The van der Waals surface area contributed by atoms with Gasteiger partial charge in [0.25, 0.3) is 0 Å². The van der Waals surface area contributed by atoms with Gasteiger partial charge in [-0.25, -0.2) is 0 Å². The Morgan fingerprint density at radius 3 is 2.88 bits per heavy atom. The molecule has 4 heteroatoms. The number of carbonyl (C=O) groups is 1. The van der Waals surface area contributed by atoms with Crippen molar-refractivity contribution in [2.24, 2.45) is 5.92 Å². The highest BCUT2D eigenvalue weighted by Gasteiger charge is 2.25. The first kappa shape index (κ1) is 14.5. The number of nitrogens with one attached hydrogen (secondary N) is 1. The highest BCUT2D eigenvalue weighted by atomic mass is 16.6. The van der Waals surface area contributed by atoms with E-state index >= 15 is 0 Å². The molecule has 4 nitrogen and oxygen atoms in total. The molecular formula is C13H25NO3. The summed E-state index contributed by atoms with van der Waals surface area (Å²) >= 11 is 0. The van der Waals surface area contributed by atoms with E-state index in [1.165, 1.54) is 0 Å². The maximum Gasteiger partial charge on any atom is 0.309 e. The van der Waals surface area contributed by atoms with Crippen molar-refractivity contribution < 1.29 is 14.3 Å². The quantitative estimate of drug-likeness (QED) is 0.546. The van der Waals surface area contributed by atoms with Crippen LogP contribution < -0.4 is 5.32 Å². The molecule has 0 aromatic rings. The summed E-state index contributed by atoms with van der Waals surface area (Å²) in [5, 5.41) is 3.32. The van der Waals surface area contributed by atoms with Crippen LogP contribution in [0.2, 0.25) is 0 Å². The summed E-state index contributed by atoms with van der Waals surface area (Å²) < 4.78 is 10.6. The van der Waals surface area contributed by atoms with Crippen molar-refractivity contribution in [1.29, 1.82) is 0 Å². The third kappa shape index (κ3) is 6.03. The van der Waals surface area contributed by atoms with Gasteiger partial charge >= 0.3 is 5.97 Å². The summed E-state index contributed by atoms with van der Waals surface area (Å²) in [5.41, 5.74) is 0. The number of unbranched alkanes of at least 4 members (excludes halogenated alkanes) is 1. The molecule has 0 aromatic carbocycles. The molecule has 1 aliphatic heterocycles. The van der Waals surface area contributed by atoms with Gasteiger partial charge in [-0.2, -0.15) is 0 Å². The highest BCUT2D eigenvalue weighted by Crippen LogP contribution is 2.17. The van der Waals surface area contributed by atoms with Gasteiger partial charge in [0.15, 0.2) is 0 Å². The lowest BCUT2D eigenvalue weighted by Gasteiger charge is -2.26. The smallest absolute Gasteiger partial charge is 0.309 e. The molecule has 1 aliphatic rings. The van der Waals surface area contributed by atoms with Gasteiger partial charge in [-0.3, -0.25) is 4.79 Å². The summed E-state index contributed by atoms with van der Waals surface area (Å²) in [7, 11) is 0. The number of rotatable bonds is 7. The van der Waals surface area contributed by atoms with Gasteiger partial charge in [0.05, 0.1) is 12.5 Å². The maximum atomic E-state index is 11.7. The molecule has 0 spiro atoms. The second kappa shape index (κ2) is 8.48. The highest BCUT2D eigenvalue weighted by molar-refractivity contribution is 5.72. The van der Waals surface area contributed by atoms with E-state index in [1.807, 2.05) is 0 Å². The van der Waals surface area contributed by atoms with Crippen molar-refractivity contribution in [3.63, 3.8) is 0 Å². The van der Waals surface area contributed by atoms with Gasteiger partial charge in [0.1, 0.15) is 6.61 Å². The SMILES string of the molecule is CCCCOCCOC(=O)C1CCNC(C)C1. The molecule has 1 rings (SSSR count). The molecule has 0 bridgehead atoms. The Labute approximate surface area is 104 Å². The van der Waals surface area contributed by atoms with Crippen molar-refractivity contribution in [2.45, 2.75) is 45.6 Å². The van der Waals surface area contributed by atoms with Crippen LogP contribution in [0.25, 0.3) is 0 Å². The van der Waals surface area contributed by atoms with Crippen molar-refractivity contribution in [3.8, 4) is 0 Å². The predicted octanol–water partition coefficient (Wildman–Crippen LogP) is 1.73. The fraction of sp³-hybridized carbons (Fsp3) is 0.923. The van der Waals surface area contributed by atoms with Crippen LogP contribution in [0.3, 0.4) is 0 Å². The number of piperidine rings is 1. The Morgan fingerprint density at radius 2 is 2.18 bits per heavy atom. The molecule has 100 valence electrons. The lowest BCUT2D eigenvalue weighted by molar-refractivity contribution is -0.151. The van der Waals surface area contributed by atoms with Crippen molar-refractivity contribution in [1.82, 2.24) is 5.32 Å². The van der Waals surface area contributed by atoms with E-state index < -0.39 is 0 Å². The van der Waals surface area contributed by atoms with Gasteiger partial charge in [0, 0.05) is 12.6 Å². The van der Waals surface area contributed by atoms with Gasteiger partial charge < -0.3 is 14.8 Å². The number of hydrogen-bond donors (Lipinski definition) is 1. The topological polar surface area (TPSA) is 47.6 Å². The normalized spacial score (nSPS) is 24.6.